The Balaban J connectivity index is 1.32. The van der Waals surface area contributed by atoms with Gasteiger partial charge in [-0.15, -0.1) is 5.10 Å². The number of nitrogens with one attached hydrogen (secondary N) is 1. The molecule has 8 nitrogen and oxygen atoms in total. The number of furan rings is 1. The number of hydrogen-bond acceptors (Lipinski definition) is 6. The smallest absolute Gasteiger partial charge is 0.293 e. The Hall–Kier alpha value is -4.20. The number of nitrogens with zero attached hydrogens (tertiary/aromatic N) is 3. The molecule has 8 heteroatoms. The van der Waals surface area contributed by atoms with Gasteiger partial charge in [0.05, 0.1) is 6.54 Å². The number of anilines is 1. The zero-order chi connectivity index (χ0) is 22.5. The molecule has 0 unspecified atom stereocenters. The van der Waals surface area contributed by atoms with Crippen molar-refractivity contribution in [2.24, 2.45) is 0 Å². The maximum Gasteiger partial charge on any atom is 0.293 e. The van der Waals surface area contributed by atoms with Crippen LogP contribution in [0.1, 0.15) is 44.7 Å². The molecule has 32 heavy (non-hydrogen) atoms. The molecule has 1 N–H and O–H groups in total. The average Bonchev–Trinajstić information content (AvgIpc) is 3.42. The van der Waals surface area contributed by atoms with E-state index in [1.807, 2.05) is 25.1 Å². The molecule has 1 amide bonds. The van der Waals surface area contributed by atoms with Crippen molar-refractivity contribution < 1.29 is 18.7 Å². The van der Waals surface area contributed by atoms with Crippen LogP contribution in [0.3, 0.4) is 0 Å². The molecule has 0 aliphatic rings. The number of Topliss-reactive ketones (excluding diaryl/α,β-unsaturated/α-hetero) is 1. The zero-order valence-corrected chi connectivity index (χ0v) is 17.7. The highest BCUT2D eigenvalue weighted by Gasteiger charge is 2.14. The van der Waals surface area contributed by atoms with Crippen molar-refractivity contribution in [1.82, 2.24) is 14.8 Å². The third-order valence-electron chi connectivity index (χ3n) is 4.72. The van der Waals surface area contributed by atoms with Gasteiger partial charge in [0.2, 0.25) is 5.95 Å². The number of benzene rings is 2. The van der Waals surface area contributed by atoms with Crippen molar-refractivity contribution in [1.29, 1.82) is 0 Å². The Kier molecular flexibility index (Phi) is 6.12. The lowest BCUT2D eigenvalue weighted by atomic mass is 10.1. The summed E-state index contributed by atoms with van der Waals surface area (Å²) in [6, 6.07) is 18.2. The molecule has 0 aliphatic carbocycles. The molecule has 2 heterocycles. The Morgan fingerprint density at radius 3 is 2.66 bits per heavy atom. The van der Waals surface area contributed by atoms with Gasteiger partial charge in [0, 0.05) is 5.56 Å². The average molecular weight is 430 g/mol. The summed E-state index contributed by atoms with van der Waals surface area (Å²) < 4.78 is 12.9. The fourth-order valence-electron chi connectivity index (χ4n) is 3.11. The number of ether oxygens (including phenoxy) is 1. The normalized spacial score (nSPS) is 10.7. The number of hydrogen-bond donors (Lipinski definition) is 1. The van der Waals surface area contributed by atoms with Crippen LogP contribution < -0.4 is 10.1 Å². The number of ketones is 1. The molecule has 0 atom stereocenters. The maximum atomic E-state index is 12.4. The fraction of sp³-hybridized carbons (Fsp3) is 0.167. The van der Waals surface area contributed by atoms with E-state index in [2.05, 4.69) is 21.5 Å². The van der Waals surface area contributed by atoms with E-state index < -0.39 is 5.91 Å². The van der Waals surface area contributed by atoms with Crippen molar-refractivity contribution in [3.8, 4) is 5.75 Å². The Morgan fingerprint density at radius 2 is 1.91 bits per heavy atom. The van der Waals surface area contributed by atoms with E-state index in [4.69, 9.17) is 9.15 Å². The van der Waals surface area contributed by atoms with E-state index in [0.717, 1.165) is 5.56 Å². The summed E-state index contributed by atoms with van der Waals surface area (Å²) in [6.45, 7) is 4.25. The number of carbonyl (C=O) groups is 2. The first-order valence-corrected chi connectivity index (χ1v) is 10.0. The van der Waals surface area contributed by atoms with Gasteiger partial charge in [0.1, 0.15) is 24.4 Å². The number of aryl methyl sites for hydroxylation is 1. The van der Waals surface area contributed by atoms with Gasteiger partial charge in [-0.1, -0.05) is 29.8 Å². The van der Waals surface area contributed by atoms with Gasteiger partial charge in [-0.25, -0.2) is 9.67 Å². The summed E-state index contributed by atoms with van der Waals surface area (Å²) in [6.07, 6.45) is 1.57. The first kappa shape index (κ1) is 21.0. The molecule has 4 rings (SSSR count). The largest absolute Gasteiger partial charge is 0.486 e. The minimum Gasteiger partial charge on any atom is -0.486 e. The van der Waals surface area contributed by atoms with E-state index >= 15 is 0 Å². The second kappa shape index (κ2) is 9.30. The molecular weight excluding hydrogens is 408 g/mol. The summed E-state index contributed by atoms with van der Waals surface area (Å²) in [5.41, 5.74) is 2.88. The number of aromatic nitrogens is 3. The van der Waals surface area contributed by atoms with E-state index in [-0.39, 0.29) is 24.1 Å². The molecule has 4 aromatic rings. The standard InChI is InChI=1S/C24H22N4O4/c1-16-4-3-5-18(12-16)13-28-15-25-24(27-28)26-23(30)22-11-10-21(32-22)14-31-20-8-6-19(7-9-20)17(2)29/h3-12,15H,13-14H2,1-2H3,(H,26,27,30). The Labute approximate surface area is 184 Å². The van der Waals surface area contributed by atoms with E-state index in [1.54, 1.807) is 47.4 Å². The van der Waals surface area contributed by atoms with Gasteiger partial charge >= 0.3 is 0 Å². The van der Waals surface area contributed by atoms with Crippen LogP contribution in [0.25, 0.3) is 0 Å². The predicted octanol–water partition coefficient (Wildman–Crippen LogP) is 4.26. The van der Waals surface area contributed by atoms with Crippen molar-refractivity contribution in [2.75, 3.05) is 5.32 Å². The SMILES string of the molecule is CC(=O)c1ccc(OCc2ccc(C(=O)Nc3ncn(Cc4cccc(C)c4)n3)o2)cc1. The van der Waals surface area contributed by atoms with E-state index in [1.165, 1.54) is 12.5 Å². The van der Waals surface area contributed by atoms with Gasteiger partial charge < -0.3 is 9.15 Å². The number of carbonyl (C=O) groups excluding carboxylic acids is 2. The van der Waals surface area contributed by atoms with Crippen LogP contribution in [0.5, 0.6) is 5.75 Å². The highest BCUT2D eigenvalue weighted by atomic mass is 16.5. The second-order valence-electron chi connectivity index (χ2n) is 7.34. The van der Waals surface area contributed by atoms with Crippen LogP contribution in [-0.4, -0.2) is 26.5 Å². The molecule has 2 aromatic carbocycles. The highest BCUT2D eigenvalue weighted by Crippen LogP contribution is 2.16. The van der Waals surface area contributed by atoms with Crippen LogP contribution in [0.4, 0.5) is 5.95 Å². The summed E-state index contributed by atoms with van der Waals surface area (Å²) >= 11 is 0. The Morgan fingerprint density at radius 1 is 1.09 bits per heavy atom. The third-order valence-corrected chi connectivity index (χ3v) is 4.72. The predicted molar refractivity (Wildman–Crippen MR) is 118 cm³/mol. The minimum atomic E-state index is -0.449. The van der Waals surface area contributed by atoms with Gasteiger partial charge in [-0.3, -0.25) is 14.9 Å². The Bertz CT molecular complexity index is 1240. The zero-order valence-electron chi connectivity index (χ0n) is 17.7. The first-order valence-electron chi connectivity index (χ1n) is 10.0. The lowest BCUT2D eigenvalue weighted by molar-refractivity contribution is 0.0989. The lowest BCUT2D eigenvalue weighted by Gasteiger charge is -2.04. The van der Waals surface area contributed by atoms with Crippen LogP contribution in [0.2, 0.25) is 0 Å². The molecule has 0 bridgehead atoms. The van der Waals surface area contributed by atoms with Crippen LogP contribution in [0.15, 0.2) is 71.4 Å². The minimum absolute atomic E-state index is 0.00674. The van der Waals surface area contributed by atoms with Crippen molar-refractivity contribution in [2.45, 2.75) is 27.0 Å². The molecule has 2 aromatic heterocycles. The van der Waals surface area contributed by atoms with Crippen molar-refractivity contribution >= 4 is 17.6 Å². The summed E-state index contributed by atoms with van der Waals surface area (Å²) in [5.74, 6) is 0.959. The number of amides is 1. The van der Waals surface area contributed by atoms with Crippen LogP contribution >= 0.6 is 0 Å². The lowest BCUT2D eigenvalue weighted by Crippen LogP contribution is -2.12. The molecule has 162 valence electrons. The molecule has 0 radical (unpaired) electrons. The van der Waals surface area contributed by atoms with E-state index in [0.29, 0.717) is 23.6 Å². The third kappa shape index (κ3) is 5.28. The molecule has 0 spiro atoms. The van der Waals surface area contributed by atoms with Gasteiger partial charge in [0.25, 0.3) is 5.91 Å². The van der Waals surface area contributed by atoms with Gasteiger partial charge in [-0.2, -0.15) is 0 Å². The first-order chi connectivity index (χ1) is 15.5. The number of rotatable bonds is 8. The molecule has 0 aliphatic heterocycles. The van der Waals surface area contributed by atoms with Crippen molar-refractivity contribution in [3.63, 3.8) is 0 Å². The molecular formula is C24H22N4O4. The monoisotopic (exact) mass is 430 g/mol. The van der Waals surface area contributed by atoms with Crippen LogP contribution in [0, 0.1) is 6.92 Å². The fourth-order valence-corrected chi connectivity index (χ4v) is 3.11. The van der Waals surface area contributed by atoms with Gasteiger partial charge in [0.15, 0.2) is 11.5 Å². The highest BCUT2D eigenvalue weighted by molar-refractivity contribution is 6.01. The van der Waals surface area contributed by atoms with Gasteiger partial charge in [-0.05, 0) is 55.8 Å². The van der Waals surface area contributed by atoms with Crippen molar-refractivity contribution in [3.05, 3.63) is 95.2 Å². The topological polar surface area (TPSA) is 99.2 Å². The summed E-state index contributed by atoms with van der Waals surface area (Å²) in [4.78, 5) is 27.9. The van der Waals surface area contributed by atoms with Crippen LogP contribution in [-0.2, 0) is 13.2 Å². The molecule has 0 fully saturated rings. The maximum absolute atomic E-state index is 12.4. The quantitative estimate of drug-likeness (QED) is 0.419. The molecule has 0 saturated heterocycles. The summed E-state index contributed by atoms with van der Waals surface area (Å²) in [5, 5.41) is 6.92. The van der Waals surface area contributed by atoms with E-state index in [9.17, 15) is 9.59 Å². The summed E-state index contributed by atoms with van der Waals surface area (Å²) in [7, 11) is 0. The molecule has 0 saturated carbocycles. The second-order valence-corrected chi connectivity index (χ2v) is 7.34.